The molecule has 0 aliphatic heterocycles. The predicted octanol–water partition coefficient (Wildman–Crippen LogP) is 1.98. The number of hydrogen-bond donors (Lipinski definition) is 0. The highest BCUT2D eigenvalue weighted by molar-refractivity contribution is 6.60. The molecular weight excluding hydrogens is 166 g/mol. The number of hydrogen-bond acceptors (Lipinski definition) is 0. The maximum Gasteiger partial charge on any atom is 0.658 e. The first-order valence-corrected chi connectivity index (χ1v) is 3.55. The van der Waals surface area contributed by atoms with Crippen LogP contribution >= 0.6 is 0 Å². The van der Waals surface area contributed by atoms with Crippen LogP contribution in [0.4, 0.5) is 25.5 Å². The Morgan fingerprint density at radius 2 is 1.22 bits per heavy atom. The largest absolute Gasteiger partial charge is 0.658 e. The Morgan fingerprint density at radius 3 is 1.22 bits per heavy atom. The molecule has 0 aromatic heterocycles. The molecule has 0 spiro atoms. The van der Waals surface area contributed by atoms with Crippen molar-refractivity contribution in [2.75, 3.05) is 0 Å². The Kier molecular flexibility index (Phi) is 2.53. The first-order chi connectivity index (χ1) is 3.85. The minimum atomic E-state index is -6.74. The van der Waals surface area contributed by atoms with Gasteiger partial charge >= 0.3 is 9.08 Å². The van der Waals surface area contributed by atoms with Gasteiger partial charge in [0.1, 0.15) is 0 Å². The fourth-order valence-electron chi connectivity index (χ4n) is 0.143. The van der Waals surface area contributed by atoms with Crippen molar-refractivity contribution in [2.24, 2.45) is 0 Å². The molecule has 0 saturated heterocycles. The Hall–Kier alpha value is -0.203. The maximum absolute atomic E-state index is 11.2. The molecular formula is C2H2F6Si. The third kappa shape index (κ3) is 2.73. The fraction of sp³-hybridized carbons (Fsp3) is 1.00. The summed E-state index contributed by atoms with van der Waals surface area (Å²) < 4.78 is 65.9. The second-order valence-electron chi connectivity index (χ2n) is 1.28. The molecule has 0 fully saturated rings. The van der Waals surface area contributed by atoms with Gasteiger partial charge in [0, 0.05) is 0 Å². The van der Waals surface area contributed by atoms with Crippen molar-refractivity contribution in [3.05, 3.63) is 0 Å². The van der Waals surface area contributed by atoms with Crippen molar-refractivity contribution in [2.45, 2.75) is 12.2 Å². The maximum atomic E-state index is 11.2. The quantitative estimate of drug-likeness (QED) is 0.336. The van der Waals surface area contributed by atoms with Gasteiger partial charge in [0.05, 0.1) is 0 Å². The molecule has 0 radical (unpaired) electrons. The van der Waals surface area contributed by atoms with E-state index >= 15 is 0 Å². The van der Waals surface area contributed by atoms with Crippen molar-refractivity contribution < 1.29 is 25.5 Å². The molecule has 0 rings (SSSR count). The van der Waals surface area contributed by atoms with E-state index < -0.39 is 21.3 Å². The van der Waals surface area contributed by atoms with Crippen molar-refractivity contribution in [1.29, 1.82) is 0 Å². The van der Waals surface area contributed by atoms with Gasteiger partial charge in [-0.1, -0.05) is 0 Å². The molecule has 0 aliphatic carbocycles. The first kappa shape index (κ1) is 8.80. The van der Waals surface area contributed by atoms with E-state index in [4.69, 9.17) is 0 Å². The second-order valence-corrected chi connectivity index (χ2v) is 2.91. The SMILES string of the molecule is FC(F)C(F)[Si](F)(F)F. The summed E-state index contributed by atoms with van der Waals surface area (Å²) in [6, 6.07) is 0. The zero-order chi connectivity index (χ0) is 7.65. The van der Waals surface area contributed by atoms with Gasteiger partial charge in [0.25, 0.3) is 6.43 Å². The molecule has 0 aliphatic rings. The molecule has 0 heterocycles. The molecule has 9 heavy (non-hydrogen) atoms. The number of halogens is 6. The molecule has 7 heteroatoms. The van der Waals surface area contributed by atoms with E-state index in [2.05, 4.69) is 0 Å². The lowest BCUT2D eigenvalue weighted by Crippen LogP contribution is -2.36. The van der Waals surface area contributed by atoms with E-state index in [0.29, 0.717) is 0 Å². The zero-order valence-electron chi connectivity index (χ0n) is 3.92. The number of rotatable bonds is 2. The summed E-state index contributed by atoms with van der Waals surface area (Å²) in [7, 11) is -6.74. The van der Waals surface area contributed by atoms with Crippen LogP contribution in [-0.2, 0) is 0 Å². The minimum absolute atomic E-state index is 3.88. The summed E-state index contributed by atoms with van der Waals surface area (Å²) in [5.41, 5.74) is 0. The lowest BCUT2D eigenvalue weighted by atomic mass is 10.8. The van der Waals surface area contributed by atoms with E-state index in [1.165, 1.54) is 0 Å². The topological polar surface area (TPSA) is 0 Å². The average molecular weight is 168 g/mol. The highest BCUT2D eigenvalue weighted by Gasteiger charge is 2.53. The van der Waals surface area contributed by atoms with E-state index in [0.717, 1.165) is 0 Å². The van der Waals surface area contributed by atoms with Gasteiger partial charge in [-0.05, 0) is 0 Å². The Morgan fingerprint density at radius 1 is 0.889 bits per heavy atom. The van der Waals surface area contributed by atoms with Crippen LogP contribution < -0.4 is 0 Å². The lowest BCUT2D eigenvalue weighted by Gasteiger charge is -2.05. The lowest BCUT2D eigenvalue weighted by molar-refractivity contribution is 0.0683. The zero-order valence-corrected chi connectivity index (χ0v) is 4.92. The summed E-state index contributed by atoms with van der Waals surface area (Å²) in [6.45, 7) is 0. The molecule has 0 N–H and O–H groups in total. The average Bonchev–Trinajstić information content (AvgIpc) is 1.62. The highest BCUT2D eigenvalue weighted by atomic mass is 28.5. The molecule has 1 unspecified atom stereocenters. The monoisotopic (exact) mass is 168 g/mol. The highest BCUT2D eigenvalue weighted by Crippen LogP contribution is 2.22. The standard InChI is InChI=1S/C2H2F6Si/c3-1(4)2(5)9(6,7)8/h1-2H. The third-order valence-corrected chi connectivity index (χ3v) is 1.41. The van der Waals surface area contributed by atoms with Gasteiger partial charge < -0.3 is 0 Å². The summed E-state index contributed by atoms with van der Waals surface area (Å²) in [4.78, 5) is 0. The van der Waals surface area contributed by atoms with Gasteiger partial charge in [0.2, 0.25) is 5.79 Å². The molecule has 0 aromatic rings. The summed E-state index contributed by atoms with van der Waals surface area (Å²) in [5, 5.41) is 0. The van der Waals surface area contributed by atoms with Gasteiger partial charge in [-0.25, -0.2) is 25.5 Å². The van der Waals surface area contributed by atoms with Gasteiger partial charge in [-0.3, -0.25) is 0 Å². The van der Waals surface area contributed by atoms with Crippen LogP contribution in [0.15, 0.2) is 0 Å². The molecule has 56 valence electrons. The fourth-order valence-corrected chi connectivity index (χ4v) is 0.429. The second kappa shape index (κ2) is 2.59. The van der Waals surface area contributed by atoms with E-state index in [1.54, 1.807) is 0 Å². The van der Waals surface area contributed by atoms with Crippen LogP contribution in [-0.4, -0.2) is 21.3 Å². The first-order valence-electron chi connectivity index (χ1n) is 1.84. The Balaban J connectivity index is 3.88. The van der Waals surface area contributed by atoms with Crippen LogP contribution in [0.1, 0.15) is 0 Å². The molecule has 0 saturated carbocycles. The molecule has 0 aromatic carbocycles. The van der Waals surface area contributed by atoms with E-state index in [-0.39, 0.29) is 0 Å². The van der Waals surface area contributed by atoms with Gasteiger partial charge in [-0.15, -0.1) is 0 Å². The van der Waals surface area contributed by atoms with E-state index in [9.17, 15) is 25.5 Å². The molecule has 0 bridgehead atoms. The van der Waals surface area contributed by atoms with Crippen LogP contribution in [0.25, 0.3) is 0 Å². The third-order valence-electron chi connectivity index (χ3n) is 0.534. The van der Waals surface area contributed by atoms with Crippen molar-refractivity contribution in [1.82, 2.24) is 0 Å². The van der Waals surface area contributed by atoms with Crippen LogP contribution in [0.3, 0.4) is 0 Å². The van der Waals surface area contributed by atoms with Crippen LogP contribution in [0, 0.1) is 0 Å². The molecule has 1 atom stereocenters. The molecule has 0 amide bonds. The summed E-state index contributed by atoms with van der Waals surface area (Å²) in [6.07, 6.45) is -3.92. The molecule has 0 nitrogen and oxygen atoms in total. The summed E-state index contributed by atoms with van der Waals surface area (Å²) in [5.74, 6) is -3.88. The predicted molar refractivity (Wildman–Crippen MR) is 20.0 cm³/mol. The smallest absolute Gasteiger partial charge is 0.236 e. The normalized spacial score (nSPS) is 16.3. The van der Waals surface area contributed by atoms with Crippen molar-refractivity contribution in [3.63, 3.8) is 0 Å². The Bertz CT molecular complexity index is 85.5. The van der Waals surface area contributed by atoms with Crippen molar-refractivity contribution >= 4 is 9.08 Å². The van der Waals surface area contributed by atoms with E-state index in [1.807, 2.05) is 0 Å². The van der Waals surface area contributed by atoms with Gasteiger partial charge in [-0.2, -0.15) is 0 Å². The Labute approximate surface area is 48.0 Å². The van der Waals surface area contributed by atoms with Crippen molar-refractivity contribution in [3.8, 4) is 0 Å². The van der Waals surface area contributed by atoms with Crippen LogP contribution in [0.5, 0.6) is 0 Å². The number of alkyl halides is 3. The van der Waals surface area contributed by atoms with Crippen LogP contribution in [0.2, 0.25) is 0 Å². The van der Waals surface area contributed by atoms with Gasteiger partial charge in [0.15, 0.2) is 0 Å². The minimum Gasteiger partial charge on any atom is -0.236 e. The summed E-state index contributed by atoms with van der Waals surface area (Å²) >= 11 is 0.